The lowest BCUT2D eigenvalue weighted by atomic mass is 9.72. The van der Waals surface area contributed by atoms with Gasteiger partial charge in [0.05, 0.1) is 13.3 Å². The molecule has 1 aromatic heterocycles. The number of nitrogens with zero attached hydrogens (tertiary/aromatic N) is 2. The molecule has 2 N–H and O–H groups in total. The van der Waals surface area contributed by atoms with E-state index in [1.54, 1.807) is 18.2 Å². The summed E-state index contributed by atoms with van der Waals surface area (Å²) in [6.07, 6.45) is -0.726. The number of carbonyl (C=O) groups excluding carboxylic acids is 2. The van der Waals surface area contributed by atoms with Crippen molar-refractivity contribution in [2.24, 2.45) is 0 Å². The first-order valence-electron chi connectivity index (χ1n) is 18.6. The number of thioether (sulfide) groups is 1. The molecule has 0 unspecified atom stereocenters. The van der Waals surface area contributed by atoms with Crippen molar-refractivity contribution in [3.8, 4) is 22.6 Å². The van der Waals surface area contributed by atoms with Gasteiger partial charge in [0.25, 0.3) is 5.91 Å². The number of hydrogen-bond acceptors (Lipinski definition) is 7. The van der Waals surface area contributed by atoms with Gasteiger partial charge in [0, 0.05) is 30.5 Å². The Balaban J connectivity index is 0.00000305. The van der Waals surface area contributed by atoms with Gasteiger partial charge in [-0.15, -0.1) is 0 Å². The molecule has 1 aliphatic rings. The minimum absolute atomic E-state index is 0.216. The zero-order valence-electron chi connectivity index (χ0n) is 32.1. The topological polar surface area (TPSA) is 96.6 Å². The highest BCUT2D eigenvalue weighted by Gasteiger charge is 2.51. The molecule has 0 spiro atoms. The van der Waals surface area contributed by atoms with Crippen LogP contribution >= 0.6 is 19.8 Å². The maximum atomic E-state index is 15.1. The van der Waals surface area contributed by atoms with Gasteiger partial charge in [-0.05, 0) is 74.7 Å². The minimum atomic E-state index is -4.65. The highest BCUT2D eigenvalue weighted by atomic mass is 32.4. The number of H-pyrrole nitrogens is 1. The molecule has 0 saturated carbocycles. The number of methoxy groups -OCH3 is 1. The number of imidazole rings is 1. The Labute approximate surface area is 343 Å². The number of alkyl halides is 3. The summed E-state index contributed by atoms with van der Waals surface area (Å²) in [5, 5.41) is 3.38. The molecule has 0 aliphatic heterocycles. The molecule has 0 radical (unpaired) electrons. The molecule has 0 fully saturated rings. The summed E-state index contributed by atoms with van der Waals surface area (Å²) in [5.41, 5.74) is 4.72. The van der Waals surface area contributed by atoms with E-state index in [4.69, 9.17) is 9.47 Å². The summed E-state index contributed by atoms with van der Waals surface area (Å²) in [6, 6.07) is 28.0. The number of ether oxygens (including phenoxy) is 2. The summed E-state index contributed by atoms with van der Waals surface area (Å²) in [4.78, 5) is 35.5. The Bertz CT molecular complexity index is 2080. The molecular formula is C43H46F3N4O4PS2. The van der Waals surface area contributed by atoms with Gasteiger partial charge in [-0.25, -0.2) is 4.98 Å². The Kier molecular flexibility index (Phi) is 15.3. The fourth-order valence-electron chi connectivity index (χ4n) is 7.21. The van der Waals surface area contributed by atoms with Gasteiger partial charge < -0.3 is 24.7 Å². The van der Waals surface area contributed by atoms with Gasteiger partial charge in [-0.1, -0.05) is 115 Å². The zero-order valence-corrected chi connectivity index (χ0v) is 34.7. The van der Waals surface area contributed by atoms with Crippen LogP contribution in [0.25, 0.3) is 11.1 Å². The smallest absolute Gasteiger partial charge is 0.406 e. The normalized spacial score (nSPS) is 12.5. The average molecular weight is 835 g/mol. The molecule has 5 aromatic rings. The second-order valence-electron chi connectivity index (χ2n) is 13.6. The van der Waals surface area contributed by atoms with Crippen molar-refractivity contribution in [2.75, 3.05) is 26.0 Å². The fraction of sp³-hybridized carbons (Fsp3) is 0.326. The number of hydrogen-bond donors (Lipinski definition) is 2. The first-order chi connectivity index (χ1) is 27.5. The third-order valence-corrected chi connectivity index (χ3v) is 10.8. The fourth-order valence-corrected chi connectivity index (χ4v) is 8.06. The highest BCUT2D eigenvalue weighted by Crippen LogP contribution is 2.53. The average Bonchev–Trinajstić information content (AvgIpc) is 3.81. The molecule has 2 amide bonds. The Morgan fingerprint density at radius 3 is 2.25 bits per heavy atom. The summed E-state index contributed by atoms with van der Waals surface area (Å²) in [5.74, 6) is 0.715. The Hall–Kier alpha value is -4.71. The summed E-state index contributed by atoms with van der Waals surface area (Å²) >= 11 is 5.38. The first-order valence-corrected chi connectivity index (χ1v) is 21.2. The van der Waals surface area contributed by atoms with Crippen molar-refractivity contribution in [3.63, 3.8) is 0 Å². The SMILES string of the molecule is CCNC(=O)c1cnc(SCCCCCC2(C(=O)N(Cc3ccc(OCc4ccc(C)cc4)cc3OC)CC(F)(F)F)c3ccccc3-c3ccccc32)[nH]1.P=S. The lowest BCUT2D eigenvalue weighted by molar-refractivity contribution is -0.165. The number of benzene rings is 4. The van der Waals surface area contributed by atoms with Crippen LogP contribution in [0, 0.1) is 6.92 Å². The second-order valence-corrected chi connectivity index (χ2v) is 14.7. The van der Waals surface area contributed by atoms with E-state index in [9.17, 15) is 18.0 Å². The van der Waals surface area contributed by atoms with Gasteiger partial charge >= 0.3 is 6.18 Å². The molecule has 0 saturated heterocycles. The van der Waals surface area contributed by atoms with Crippen molar-refractivity contribution >= 4 is 43.4 Å². The maximum absolute atomic E-state index is 15.1. The molecule has 57 heavy (non-hydrogen) atoms. The molecule has 8 nitrogen and oxygen atoms in total. The van der Waals surface area contributed by atoms with E-state index in [1.807, 2.05) is 86.6 Å². The van der Waals surface area contributed by atoms with Crippen LogP contribution in [-0.2, 0) is 35.2 Å². The third kappa shape index (κ3) is 10.6. The quantitative estimate of drug-likeness (QED) is 0.0547. The molecule has 6 rings (SSSR count). The lowest BCUT2D eigenvalue weighted by Crippen LogP contribution is -2.49. The van der Waals surface area contributed by atoms with E-state index in [0.29, 0.717) is 70.8 Å². The van der Waals surface area contributed by atoms with E-state index in [1.165, 1.54) is 25.1 Å². The predicted octanol–water partition coefficient (Wildman–Crippen LogP) is 9.86. The number of aromatic amines is 1. The van der Waals surface area contributed by atoms with Gasteiger partial charge in [0.2, 0.25) is 5.91 Å². The molecule has 4 aromatic carbocycles. The Morgan fingerprint density at radius 2 is 1.61 bits per heavy atom. The number of fused-ring (bicyclic) bond motifs is 3. The van der Waals surface area contributed by atoms with Gasteiger partial charge in [0.15, 0.2) is 5.16 Å². The van der Waals surface area contributed by atoms with E-state index in [-0.39, 0.29) is 12.5 Å². The number of rotatable bonds is 17. The van der Waals surface area contributed by atoms with Crippen LogP contribution in [0.5, 0.6) is 11.5 Å². The number of aryl methyl sites for hydroxylation is 1. The van der Waals surface area contributed by atoms with Crippen LogP contribution in [-0.4, -0.2) is 58.8 Å². The van der Waals surface area contributed by atoms with Crippen LogP contribution in [0.1, 0.15) is 70.9 Å². The number of amides is 2. The van der Waals surface area contributed by atoms with E-state index in [2.05, 4.69) is 35.1 Å². The third-order valence-electron chi connectivity index (χ3n) is 9.80. The number of unbranched alkanes of at least 4 members (excludes halogenated alkanes) is 2. The highest BCUT2D eigenvalue weighted by molar-refractivity contribution is 7.99. The molecule has 300 valence electrons. The number of nitrogens with one attached hydrogen (secondary N) is 2. The van der Waals surface area contributed by atoms with Crippen LogP contribution in [0.2, 0.25) is 0 Å². The lowest BCUT2D eigenvalue weighted by Gasteiger charge is -2.37. The minimum Gasteiger partial charge on any atom is -0.496 e. The van der Waals surface area contributed by atoms with Gasteiger partial charge in [-0.2, -0.15) is 13.2 Å². The molecule has 1 heterocycles. The Morgan fingerprint density at radius 1 is 0.947 bits per heavy atom. The molecule has 1 aliphatic carbocycles. The van der Waals surface area contributed by atoms with Gasteiger partial charge in [0.1, 0.15) is 35.8 Å². The van der Waals surface area contributed by atoms with Crippen LogP contribution in [0.4, 0.5) is 13.2 Å². The van der Waals surface area contributed by atoms with Crippen molar-refractivity contribution < 1.29 is 32.2 Å². The predicted molar refractivity (Wildman–Crippen MR) is 224 cm³/mol. The monoisotopic (exact) mass is 834 g/mol. The standard InChI is InChI=1S/C43H45F3N4O4S.HPS/c1-4-47-39(51)37-25-48-41(49-37)55-23-11-5-10-22-42(35-14-8-6-12-33(35)34-13-7-9-15-36(34)42)40(52)50(28-43(44,45)46)26-31-20-21-32(24-38(31)53-3)54-27-30-18-16-29(2)17-19-30;1-2/h6-9,12-21,24-25H,4-5,10-11,22-23,26-28H2,1-3H3,(H,47,51)(H,48,49);1H. The maximum Gasteiger partial charge on any atom is 0.406 e. The molecule has 0 bridgehead atoms. The summed E-state index contributed by atoms with van der Waals surface area (Å²) < 4.78 is 55.0. The first kappa shape index (κ1) is 43.4. The van der Waals surface area contributed by atoms with Crippen molar-refractivity contribution in [3.05, 3.63) is 131 Å². The van der Waals surface area contributed by atoms with E-state index in [0.717, 1.165) is 40.0 Å². The summed E-state index contributed by atoms with van der Waals surface area (Å²) in [6.45, 7) is 2.93. The van der Waals surface area contributed by atoms with E-state index < -0.39 is 24.0 Å². The zero-order chi connectivity index (χ0) is 41.0. The number of halogens is 3. The summed E-state index contributed by atoms with van der Waals surface area (Å²) in [7, 11) is 4.01. The number of aromatic nitrogens is 2. The largest absolute Gasteiger partial charge is 0.496 e. The number of carbonyl (C=O) groups is 2. The second kappa shape index (κ2) is 20.1. The molecule has 0 atom stereocenters. The van der Waals surface area contributed by atoms with Crippen molar-refractivity contribution in [1.82, 2.24) is 20.2 Å². The van der Waals surface area contributed by atoms with E-state index >= 15 is 4.79 Å². The van der Waals surface area contributed by atoms with Gasteiger partial charge in [-0.3, -0.25) is 9.59 Å². The van der Waals surface area contributed by atoms with Crippen LogP contribution < -0.4 is 14.8 Å². The molecular weight excluding hydrogens is 789 g/mol. The van der Waals surface area contributed by atoms with Crippen LogP contribution in [0.3, 0.4) is 0 Å². The molecule has 14 heteroatoms. The van der Waals surface area contributed by atoms with Crippen molar-refractivity contribution in [2.45, 2.75) is 69.4 Å². The van der Waals surface area contributed by atoms with Crippen LogP contribution in [0.15, 0.2) is 102 Å². The van der Waals surface area contributed by atoms with Crippen molar-refractivity contribution in [1.29, 1.82) is 0 Å².